The summed E-state index contributed by atoms with van der Waals surface area (Å²) in [5.74, 6) is 3.19. The van der Waals surface area contributed by atoms with E-state index in [-0.39, 0.29) is 0 Å². The Bertz CT molecular complexity index is 2380. The number of hydrogen-bond acceptors (Lipinski definition) is 11. The van der Waals surface area contributed by atoms with Crippen molar-refractivity contribution in [2.75, 3.05) is 28.4 Å². The molecule has 1 aliphatic rings. The molecule has 0 saturated heterocycles. The normalized spacial score (nSPS) is 13.5. The molecule has 1 aromatic heterocycles. The lowest BCUT2D eigenvalue weighted by Gasteiger charge is -2.25. The van der Waals surface area contributed by atoms with Crippen LogP contribution in [0.4, 0.5) is 0 Å². The predicted octanol–water partition coefficient (Wildman–Crippen LogP) is 11.2. The molecule has 0 amide bonds. The Kier molecular flexibility index (Phi) is 9.81. The van der Waals surface area contributed by atoms with Crippen LogP contribution in [0.5, 0.6) is 40.2 Å². The number of methoxy groups -OCH3 is 4. The number of benzene rings is 5. The Balaban J connectivity index is 1.41. The fourth-order valence-electron chi connectivity index (χ4n) is 6.21. The SMILES string of the molecule is COc1cc(C)c(OP2OC(=O)c3cc(C)ccc3O2)c(-c2cc(OC)cc(C)c2Op2oc3c(C)cc(OC)cc3c3cc(OC)cc(C)c3o2)c1. The van der Waals surface area contributed by atoms with Crippen LogP contribution in [0.3, 0.4) is 0 Å². The molecule has 0 saturated carbocycles. The minimum atomic E-state index is -2.17. The van der Waals surface area contributed by atoms with Gasteiger partial charge in [0.25, 0.3) is 0 Å². The Morgan fingerprint density at radius 3 is 1.49 bits per heavy atom. The van der Waals surface area contributed by atoms with E-state index in [1.807, 2.05) is 89.2 Å². The van der Waals surface area contributed by atoms with Crippen LogP contribution in [-0.4, -0.2) is 34.4 Å². The summed E-state index contributed by atoms with van der Waals surface area (Å²) in [6, 6.07) is 20.3. The van der Waals surface area contributed by atoms with E-state index in [9.17, 15) is 4.79 Å². The van der Waals surface area contributed by atoms with E-state index >= 15 is 0 Å². The van der Waals surface area contributed by atoms with Crippen LogP contribution in [0, 0.1) is 34.6 Å². The number of ether oxygens (including phenoxy) is 4. The van der Waals surface area contributed by atoms with E-state index in [1.165, 1.54) is 0 Å². The van der Waals surface area contributed by atoms with Gasteiger partial charge in [0, 0.05) is 21.9 Å². The molecule has 0 bridgehead atoms. The molecular weight excluding hydrogens is 718 g/mol. The van der Waals surface area contributed by atoms with Gasteiger partial charge in [-0.2, -0.15) is 0 Å². The zero-order valence-corrected chi connectivity index (χ0v) is 32.5. The molecule has 13 heteroatoms. The highest BCUT2D eigenvalue weighted by Gasteiger charge is 2.34. The van der Waals surface area contributed by atoms with Crippen LogP contribution in [-0.2, 0) is 4.52 Å². The van der Waals surface area contributed by atoms with Gasteiger partial charge in [0.1, 0.15) is 57.0 Å². The fourth-order valence-corrected chi connectivity index (χ4v) is 8.55. The highest BCUT2D eigenvalue weighted by atomic mass is 31.2. The second-order valence-electron chi connectivity index (χ2n) is 12.6. The van der Waals surface area contributed by atoms with Crippen LogP contribution in [0.25, 0.3) is 33.1 Å². The van der Waals surface area contributed by atoms with Crippen LogP contribution in [0.1, 0.15) is 38.2 Å². The topological polar surface area (TPSA) is 117 Å². The molecule has 0 aliphatic carbocycles. The fraction of sp³-hybridized carbons (Fsp3) is 0.225. The Morgan fingerprint density at radius 2 is 0.981 bits per heavy atom. The number of carbonyl (C=O) groups is 1. The first-order valence-electron chi connectivity index (χ1n) is 16.6. The number of aryl methyl sites for hydroxylation is 5. The highest BCUT2D eigenvalue weighted by Crippen LogP contribution is 2.53. The summed E-state index contributed by atoms with van der Waals surface area (Å²) in [7, 11) is 2.15. The summed E-state index contributed by atoms with van der Waals surface area (Å²) in [6.45, 7) is 9.56. The first-order valence-corrected chi connectivity index (χ1v) is 18.8. The number of rotatable bonds is 9. The van der Waals surface area contributed by atoms with Gasteiger partial charge < -0.3 is 45.4 Å². The molecular formula is C40H38O11P2. The summed E-state index contributed by atoms with van der Waals surface area (Å²) in [5.41, 5.74) is 6.69. The standard InChI is InChI=1S/C40H38O11P2/c1-21-10-11-35-34(12-21)40(41)51-52(46-35)47-36-22(2)13-26(42-6)17-30(36)31-18-27(43-7)14-23(3)37(31)48-53-49-38-24(4)15-28(44-8)19-32(38)33-20-29(45-9)16-25(5)39(33)50-53/h10-20H,1-9H3. The van der Waals surface area contributed by atoms with Crippen LogP contribution in [0.2, 0.25) is 0 Å². The minimum absolute atomic E-state index is 0.342. The second-order valence-corrected chi connectivity index (χ2v) is 14.6. The van der Waals surface area contributed by atoms with Crippen LogP contribution >= 0.6 is 16.8 Å². The average molecular weight is 757 g/mol. The molecule has 0 fully saturated rings. The third kappa shape index (κ3) is 6.90. The molecule has 5 aromatic carbocycles. The van der Waals surface area contributed by atoms with Gasteiger partial charge in [-0.3, -0.25) is 0 Å². The third-order valence-corrected chi connectivity index (χ3v) is 10.9. The molecule has 53 heavy (non-hydrogen) atoms. The van der Waals surface area contributed by atoms with Crippen molar-refractivity contribution in [1.29, 1.82) is 0 Å². The number of carbonyl (C=O) groups excluding carboxylic acids is 1. The molecule has 11 nitrogen and oxygen atoms in total. The third-order valence-electron chi connectivity index (χ3n) is 8.86. The van der Waals surface area contributed by atoms with Crippen molar-refractivity contribution >= 4 is 44.8 Å². The van der Waals surface area contributed by atoms with Crippen molar-refractivity contribution in [3.8, 4) is 51.4 Å². The van der Waals surface area contributed by atoms with E-state index in [0.29, 0.717) is 73.7 Å². The largest absolute Gasteiger partial charge is 0.532 e. The molecule has 1 unspecified atom stereocenters. The van der Waals surface area contributed by atoms with Gasteiger partial charge in [0.05, 0.1) is 28.4 Å². The molecule has 7 rings (SSSR count). The lowest BCUT2D eigenvalue weighted by Crippen LogP contribution is -2.15. The van der Waals surface area contributed by atoms with E-state index in [2.05, 4.69) is 0 Å². The summed E-state index contributed by atoms with van der Waals surface area (Å²) in [5, 5.41) is 1.55. The molecule has 2 heterocycles. The number of fused-ring (bicyclic) bond motifs is 4. The van der Waals surface area contributed by atoms with Crippen molar-refractivity contribution < 1.29 is 50.2 Å². The Morgan fingerprint density at radius 1 is 0.509 bits per heavy atom. The lowest BCUT2D eigenvalue weighted by atomic mass is 9.98. The van der Waals surface area contributed by atoms with E-state index in [0.717, 1.165) is 33.0 Å². The van der Waals surface area contributed by atoms with Gasteiger partial charge >= 0.3 is 22.8 Å². The molecule has 6 aromatic rings. The van der Waals surface area contributed by atoms with Crippen molar-refractivity contribution in [2.45, 2.75) is 34.6 Å². The zero-order valence-electron chi connectivity index (χ0n) is 30.7. The van der Waals surface area contributed by atoms with Gasteiger partial charge in [0.15, 0.2) is 0 Å². The van der Waals surface area contributed by atoms with Gasteiger partial charge in [-0.05, 0) is 118 Å². The maximum atomic E-state index is 13.0. The monoisotopic (exact) mass is 756 g/mol. The van der Waals surface area contributed by atoms with Crippen molar-refractivity contribution in [2.24, 2.45) is 0 Å². The lowest BCUT2D eigenvalue weighted by molar-refractivity contribution is 0.0697. The Labute approximate surface area is 308 Å². The molecule has 274 valence electrons. The average Bonchev–Trinajstić information content (AvgIpc) is 3.30. The summed E-state index contributed by atoms with van der Waals surface area (Å²) >= 11 is 0. The van der Waals surface area contributed by atoms with E-state index < -0.39 is 22.8 Å². The number of hydrogen-bond donors (Lipinski definition) is 0. The van der Waals surface area contributed by atoms with Gasteiger partial charge in [-0.1, -0.05) is 11.6 Å². The zero-order chi connectivity index (χ0) is 37.6. The first-order chi connectivity index (χ1) is 25.5. The van der Waals surface area contributed by atoms with Crippen LogP contribution in [0.15, 0.2) is 75.1 Å². The van der Waals surface area contributed by atoms with E-state index in [4.69, 9.17) is 45.4 Å². The second kappa shape index (κ2) is 14.5. The van der Waals surface area contributed by atoms with Crippen LogP contribution < -0.4 is 32.5 Å². The van der Waals surface area contributed by atoms with Gasteiger partial charge in [-0.25, -0.2) is 4.79 Å². The quantitative estimate of drug-likeness (QED) is 0.131. The van der Waals surface area contributed by atoms with Gasteiger partial charge in [-0.15, -0.1) is 0 Å². The molecule has 0 N–H and O–H groups in total. The molecule has 0 radical (unpaired) electrons. The summed E-state index contributed by atoms with van der Waals surface area (Å²) in [6.07, 6.45) is 0. The van der Waals surface area contributed by atoms with Crippen molar-refractivity contribution in [3.05, 3.63) is 100 Å². The molecule has 1 atom stereocenters. The van der Waals surface area contributed by atoms with Crippen molar-refractivity contribution in [3.63, 3.8) is 0 Å². The highest BCUT2D eigenvalue weighted by molar-refractivity contribution is 7.43. The summed E-state index contributed by atoms with van der Waals surface area (Å²) < 4.78 is 61.0. The maximum absolute atomic E-state index is 13.0. The van der Waals surface area contributed by atoms with Crippen molar-refractivity contribution in [1.82, 2.24) is 0 Å². The smallest absolute Gasteiger partial charge is 0.497 e. The molecule has 1 aliphatic heterocycles. The minimum Gasteiger partial charge on any atom is -0.497 e. The summed E-state index contributed by atoms with van der Waals surface area (Å²) in [4.78, 5) is 13.0. The van der Waals surface area contributed by atoms with Gasteiger partial charge in [0.2, 0.25) is 0 Å². The molecule has 0 spiro atoms. The predicted molar refractivity (Wildman–Crippen MR) is 204 cm³/mol. The maximum Gasteiger partial charge on any atom is 0.532 e. The Hall–Kier alpha value is -5.50. The first kappa shape index (κ1) is 35.9. The van der Waals surface area contributed by atoms with E-state index in [1.54, 1.807) is 40.6 Å².